The normalized spacial score (nSPS) is 15.2. The van der Waals surface area contributed by atoms with Crippen molar-refractivity contribution in [2.45, 2.75) is 92.3 Å². The second-order valence-corrected chi connectivity index (χ2v) is 19.5. The monoisotopic (exact) mass is 808 g/mol. The van der Waals surface area contributed by atoms with Crippen LogP contribution in [0.5, 0.6) is 11.5 Å². The highest BCUT2D eigenvalue weighted by Gasteiger charge is 2.31. The molecule has 2 aromatic heterocycles. The molecule has 8 aromatic rings. The summed E-state index contributed by atoms with van der Waals surface area (Å²) in [5, 5.41) is 1.76. The maximum absolute atomic E-state index is 8.92. The van der Waals surface area contributed by atoms with Gasteiger partial charge < -0.3 is 14.5 Å². The van der Waals surface area contributed by atoms with Crippen molar-refractivity contribution in [1.29, 1.82) is 0 Å². The fourth-order valence-electron chi connectivity index (χ4n) is 8.47. The Morgan fingerprint density at radius 1 is 0.541 bits per heavy atom. The lowest BCUT2D eigenvalue weighted by Gasteiger charge is -2.29. The van der Waals surface area contributed by atoms with Crippen molar-refractivity contribution < 1.29 is 13.0 Å². The van der Waals surface area contributed by atoms with E-state index in [0.29, 0.717) is 29.2 Å². The second kappa shape index (κ2) is 14.7. The van der Waals surface area contributed by atoms with Gasteiger partial charge >= 0.3 is 0 Å². The van der Waals surface area contributed by atoms with Crippen LogP contribution in [0.25, 0.3) is 38.8 Å². The molecule has 6 aromatic carbocycles. The minimum Gasteiger partial charge on any atom is -0.457 e. The molecular weight excluding hydrogens is 745 g/mol. The number of rotatable bonds is 6. The molecule has 0 aliphatic carbocycles. The molecule has 9 rings (SSSR count). The molecule has 0 radical (unpaired) electrons. The van der Waals surface area contributed by atoms with E-state index in [0.717, 1.165) is 44.6 Å². The summed E-state index contributed by atoms with van der Waals surface area (Å²) < 4.78 is 60.8. The second-order valence-electron chi connectivity index (χ2n) is 19.5. The summed E-state index contributed by atoms with van der Waals surface area (Å²) in [6.07, 6.45) is 1.31. The lowest BCUT2D eigenvalue weighted by molar-refractivity contribution is 0.479. The van der Waals surface area contributed by atoms with Gasteiger partial charge in [0, 0.05) is 54.3 Å². The number of para-hydroxylation sites is 3. The van der Waals surface area contributed by atoms with E-state index in [9.17, 15) is 0 Å². The SMILES string of the molecule is [2H]C([2H])([2H])c1cnc(-n2c3ccccc3c3ccc(Oc4cc(N5CN(c6cc(C(C)(C)C)cc(C(C)(C)C)c6)c6ccccc65)cc(C(C)(C)C)c4)cc32)c(C([2H])([2H])[2H])c1-c1ccccc1. The van der Waals surface area contributed by atoms with Crippen LogP contribution in [-0.2, 0) is 16.2 Å². The van der Waals surface area contributed by atoms with E-state index < -0.39 is 13.7 Å². The Bertz CT molecular complexity index is 3150. The van der Waals surface area contributed by atoms with Crippen LogP contribution in [0.15, 0.2) is 140 Å². The van der Waals surface area contributed by atoms with Crippen molar-refractivity contribution in [2.24, 2.45) is 0 Å². The van der Waals surface area contributed by atoms with E-state index in [1.54, 1.807) is 24.3 Å². The first kappa shape index (κ1) is 33.4. The molecule has 5 heteroatoms. The van der Waals surface area contributed by atoms with E-state index in [-0.39, 0.29) is 38.8 Å². The van der Waals surface area contributed by atoms with Gasteiger partial charge in [-0.1, -0.05) is 129 Å². The van der Waals surface area contributed by atoms with Crippen molar-refractivity contribution in [3.63, 3.8) is 0 Å². The molecule has 0 atom stereocenters. The number of hydrogen-bond donors (Lipinski definition) is 0. The first-order chi connectivity index (χ1) is 31.4. The van der Waals surface area contributed by atoms with Gasteiger partial charge in [0.05, 0.1) is 22.4 Å². The minimum absolute atomic E-state index is 0.0384. The number of aromatic nitrogens is 2. The zero-order valence-corrected chi connectivity index (χ0v) is 36.7. The van der Waals surface area contributed by atoms with Gasteiger partial charge in [-0.25, -0.2) is 4.98 Å². The Balaban J connectivity index is 1.18. The Morgan fingerprint density at radius 3 is 1.74 bits per heavy atom. The summed E-state index contributed by atoms with van der Waals surface area (Å²) in [7, 11) is 0. The molecule has 0 bridgehead atoms. The largest absolute Gasteiger partial charge is 0.457 e. The van der Waals surface area contributed by atoms with Gasteiger partial charge in [-0.05, 0) is 118 Å². The molecule has 3 heterocycles. The van der Waals surface area contributed by atoms with Crippen LogP contribution in [0.1, 0.15) is 98.4 Å². The van der Waals surface area contributed by atoms with Crippen LogP contribution in [0.2, 0.25) is 0 Å². The third kappa shape index (κ3) is 7.35. The first-order valence-corrected chi connectivity index (χ1v) is 21.1. The lowest BCUT2D eigenvalue weighted by atomic mass is 9.80. The number of anilines is 4. The van der Waals surface area contributed by atoms with Gasteiger partial charge in [-0.15, -0.1) is 0 Å². The van der Waals surface area contributed by atoms with Gasteiger partial charge in [0.15, 0.2) is 0 Å². The van der Waals surface area contributed by atoms with Crippen LogP contribution < -0.4 is 14.5 Å². The van der Waals surface area contributed by atoms with Crippen molar-refractivity contribution >= 4 is 44.6 Å². The standard InChI is InChI=1S/C56H58N4O/c1-36-34-57-53(37(2)52(36)38-19-13-12-14-20-38)60-48-22-16-15-21-46(48)47-26-25-44(33-51(47)60)61-45-31-41(56(9,10)11)30-43(32-45)59-35-58(49-23-17-18-24-50(49)59)42-28-39(54(3,4)5)27-40(29-42)55(6,7)8/h12-34H,35H2,1-11H3/i1D3,2D3. The zero-order chi connectivity index (χ0) is 48.0. The number of pyridine rings is 1. The number of hydrogen-bond acceptors (Lipinski definition) is 4. The van der Waals surface area contributed by atoms with E-state index in [2.05, 4.69) is 133 Å². The highest BCUT2D eigenvalue weighted by Crippen LogP contribution is 2.48. The predicted molar refractivity (Wildman–Crippen MR) is 258 cm³/mol. The third-order valence-corrected chi connectivity index (χ3v) is 12.0. The molecule has 0 saturated heterocycles. The highest BCUT2D eigenvalue weighted by atomic mass is 16.5. The van der Waals surface area contributed by atoms with Crippen molar-refractivity contribution in [1.82, 2.24) is 9.55 Å². The first-order valence-electron chi connectivity index (χ1n) is 24.1. The van der Waals surface area contributed by atoms with Crippen LogP contribution in [0, 0.1) is 13.7 Å². The maximum Gasteiger partial charge on any atom is 0.141 e. The predicted octanol–water partition coefficient (Wildman–Crippen LogP) is 15.4. The molecule has 5 nitrogen and oxygen atoms in total. The Kier molecular flexibility index (Phi) is 8.04. The Hall–Kier alpha value is -6.33. The number of ether oxygens (including phenoxy) is 1. The van der Waals surface area contributed by atoms with E-state index in [1.165, 1.54) is 17.3 Å². The van der Waals surface area contributed by atoms with Crippen molar-refractivity contribution in [3.05, 3.63) is 167 Å². The van der Waals surface area contributed by atoms with Gasteiger partial charge in [0.25, 0.3) is 0 Å². The van der Waals surface area contributed by atoms with E-state index in [4.69, 9.17) is 17.9 Å². The molecule has 0 spiro atoms. The van der Waals surface area contributed by atoms with Crippen molar-refractivity contribution in [2.75, 3.05) is 16.5 Å². The molecular formula is C56H58N4O. The summed E-state index contributed by atoms with van der Waals surface area (Å²) in [6.45, 7) is 15.5. The highest BCUT2D eigenvalue weighted by molar-refractivity contribution is 6.09. The number of aryl methyl sites for hydroxylation is 1. The van der Waals surface area contributed by atoms with Crippen molar-refractivity contribution in [3.8, 4) is 28.4 Å². The summed E-state index contributed by atoms with van der Waals surface area (Å²) in [6, 6.07) is 44.5. The minimum atomic E-state index is -2.74. The number of nitrogens with zero attached hydrogens (tertiary/aromatic N) is 4. The van der Waals surface area contributed by atoms with Gasteiger partial charge in [-0.3, -0.25) is 4.57 Å². The van der Waals surface area contributed by atoms with Crippen LogP contribution in [0.3, 0.4) is 0 Å². The molecule has 0 fully saturated rings. The summed E-state index contributed by atoms with van der Waals surface area (Å²) in [5.41, 5.74) is 9.52. The average Bonchev–Trinajstić information content (AvgIpc) is 3.80. The lowest BCUT2D eigenvalue weighted by Crippen LogP contribution is -2.26. The third-order valence-electron chi connectivity index (χ3n) is 12.0. The summed E-state index contributed by atoms with van der Waals surface area (Å²) in [5.74, 6) is 1.33. The molecule has 0 amide bonds. The summed E-state index contributed by atoms with van der Waals surface area (Å²) >= 11 is 0. The Labute approximate surface area is 370 Å². The van der Waals surface area contributed by atoms with Gasteiger partial charge in [0.1, 0.15) is 24.0 Å². The molecule has 1 aliphatic rings. The van der Waals surface area contributed by atoms with Crippen LogP contribution in [-0.4, -0.2) is 16.2 Å². The van der Waals surface area contributed by atoms with E-state index in [1.807, 2.05) is 53.1 Å². The molecule has 0 N–H and O–H groups in total. The molecule has 1 aliphatic heterocycles. The molecule has 308 valence electrons. The topological polar surface area (TPSA) is 33.5 Å². The Morgan fingerprint density at radius 2 is 1.11 bits per heavy atom. The molecule has 61 heavy (non-hydrogen) atoms. The maximum atomic E-state index is 8.92. The fraction of sp³-hybridized carbons (Fsp3) is 0.268. The smallest absolute Gasteiger partial charge is 0.141 e. The van der Waals surface area contributed by atoms with Gasteiger partial charge in [0.2, 0.25) is 0 Å². The molecule has 0 unspecified atom stereocenters. The van der Waals surface area contributed by atoms with E-state index >= 15 is 0 Å². The quantitative estimate of drug-likeness (QED) is 0.168. The van der Waals surface area contributed by atoms with Crippen LogP contribution in [0.4, 0.5) is 22.7 Å². The number of benzene rings is 6. The average molecular weight is 809 g/mol. The van der Waals surface area contributed by atoms with Gasteiger partial charge in [-0.2, -0.15) is 0 Å². The zero-order valence-electron chi connectivity index (χ0n) is 42.7. The van der Waals surface area contributed by atoms with Crippen LogP contribution >= 0.6 is 0 Å². The molecule has 0 saturated carbocycles. The number of fused-ring (bicyclic) bond motifs is 4. The fourth-order valence-corrected chi connectivity index (χ4v) is 8.47. The summed E-state index contributed by atoms with van der Waals surface area (Å²) in [4.78, 5) is 9.49.